The molecule has 6 aliphatic carbocycles. The minimum Gasteiger partial charge on any atom is -0.153 e. The lowest BCUT2D eigenvalue weighted by molar-refractivity contribution is -0.389. The Morgan fingerprint density at radius 3 is 2.00 bits per heavy atom. The van der Waals surface area contributed by atoms with Gasteiger partial charge in [-0.05, 0) is 84.9 Å². The average Bonchev–Trinajstić information content (AvgIpc) is 2.95. The number of hydrogen-bond acceptors (Lipinski definition) is 1. The Morgan fingerprint density at radius 2 is 1.35 bits per heavy atom. The van der Waals surface area contributed by atoms with Gasteiger partial charge < -0.3 is 0 Å². The summed E-state index contributed by atoms with van der Waals surface area (Å²) in [7, 11) is 0. The van der Waals surface area contributed by atoms with E-state index in [2.05, 4.69) is 11.8 Å². The normalized spacial score (nSPS) is 83.3. The fraction of sp³-hybridized carbons (Fsp3) is 1.00. The second-order valence-corrected chi connectivity index (χ2v) is 9.84. The quantitative estimate of drug-likeness (QED) is 0.465. The first-order chi connectivity index (χ1) is 8.41. The zero-order valence-electron chi connectivity index (χ0n) is 10.2. The van der Waals surface area contributed by atoms with Crippen molar-refractivity contribution in [1.82, 2.24) is 0 Å². The zero-order valence-corrected chi connectivity index (χ0v) is 11.0. The van der Waals surface area contributed by atoms with Gasteiger partial charge >= 0.3 is 0 Å². The monoisotopic (exact) mass is 244 g/mol. The molecule has 7 aliphatic rings. The van der Waals surface area contributed by atoms with E-state index in [9.17, 15) is 0 Å². The topological polar surface area (TPSA) is 0 Å². The maximum absolute atomic E-state index is 2.34. The molecule has 1 saturated heterocycles. The van der Waals surface area contributed by atoms with E-state index in [1.54, 1.807) is 31.4 Å². The molecule has 6 saturated carbocycles. The lowest BCUT2D eigenvalue weighted by Crippen LogP contribution is -2.83. The zero-order chi connectivity index (χ0) is 10.5. The van der Waals surface area contributed by atoms with Crippen LogP contribution in [0.5, 0.6) is 0 Å². The molecule has 0 amide bonds. The van der Waals surface area contributed by atoms with Crippen molar-refractivity contribution in [2.75, 3.05) is 5.75 Å². The van der Waals surface area contributed by atoms with Crippen LogP contribution in [0.25, 0.3) is 0 Å². The van der Waals surface area contributed by atoms with Crippen molar-refractivity contribution in [2.24, 2.45) is 59.2 Å². The third-order valence-corrected chi connectivity index (χ3v) is 10.4. The van der Waals surface area contributed by atoms with E-state index in [0.29, 0.717) is 0 Å². The number of hydrogen-bond donors (Lipinski definition) is 0. The molecule has 0 aromatic heterocycles. The predicted octanol–water partition coefficient (Wildman–Crippen LogP) is 3.28. The predicted molar refractivity (Wildman–Crippen MR) is 68.6 cm³/mol. The molecule has 0 N–H and O–H groups in total. The minimum absolute atomic E-state index is 0.880. The molecule has 0 aromatic rings. The molecule has 7 rings (SSSR count). The van der Waals surface area contributed by atoms with Crippen LogP contribution in [0, 0.1) is 59.2 Å². The minimum atomic E-state index is 0.880. The Bertz CT molecular complexity index is 452. The van der Waals surface area contributed by atoms with Crippen LogP contribution in [0.15, 0.2) is 0 Å². The van der Waals surface area contributed by atoms with Crippen molar-refractivity contribution < 1.29 is 0 Å². The first-order valence-electron chi connectivity index (χ1n) is 8.05. The summed E-state index contributed by atoms with van der Waals surface area (Å²) in [5.41, 5.74) is 0. The Labute approximate surface area is 107 Å². The van der Waals surface area contributed by atoms with E-state index in [0.717, 1.165) is 4.75 Å². The maximum Gasteiger partial charge on any atom is 0.0284 e. The van der Waals surface area contributed by atoms with E-state index in [1.807, 2.05) is 0 Å². The van der Waals surface area contributed by atoms with Crippen molar-refractivity contribution in [2.45, 2.75) is 30.4 Å². The van der Waals surface area contributed by atoms with E-state index in [4.69, 9.17) is 0 Å². The van der Waals surface area contributed by atoms with Crippen LogP contribution in [0.3, 0.4) is 0 Å². The smallest absolute Gasteiger partial charge is 0.0284 e. The van der Waals surface area contributed by atoms with Crippen LogP contribution in [-0.2, 0) is 0 Å². The number of fused-ring (bicyclic) bond motifs is 14. The highest BCUT2D eigenvalue weighted by atomic mass is 32.2. The highest BCUT2D eigenvalue weighted by Gasteiger charge is 2.85. The standard InChI is InChI=1S/C16H20S/c1-2-7-6(1)9-10(7)13-12(9)11-8-3-4-16(5-17-16)15(8)14(11)13/h6-15H,1-5H2. The van der Waals surface area contributed by atoms with Crippen molar-refractivity contribution in [3.8, 4) is 0 Å². The summed E-state index contributed by atoms with van der Waals surface area (Å²) in [6.07, 6.45) is 6.50. The van der Waals surface area contributed by atoms with Gasteiger partial charge in [0.15, 0.2) is 0 Å². The summed E-state index contributed by atoms with van der Waals surface area (Å²) in [5.74, 6) is 14.2. The fourth-order valence-electron chi connectivity index (χ4n) is 8.33. The molecule has 0 aromatic carbocycles. The Hall–Kier alpha value is 0.350. The lowest BCUT2D eigenvalue weighted by atomic mass is 9.18. The molecule has 7 fully saturated rings. The molecule has 1 spiro atoms. The van der Waals surface area contributed by atoms with Gasteiger partial charge in [0.2, 0.25) is 0 Å². The second kappa shape index (κ2) is 2.15. The summed E-state index contributed by atoms with van der Waals surface area (Å²) < 4.78 is 0.880. The van der Waals surface area contributed by atoms with Gasteiger partial charge in [0.05, 0.1) is 0 Å². The highest BCUT2D eigenvalue weighted by molar-refractivity contribution is 8.07. The fourth-order valence-corrected chi connectivity index (χ4v) is 9.64. The maximum atomic E-state index is 2.34. The Balaban J connectivity index is 1.28. The van der Waals surface area contributed by atoms with Crippen molar-refractivity contribution in [1.29, 1.82) is 0 Å². The highest BCUT2D eigenvalue weighted by Crippen LogP contribution is 2.89. The first kappa shape index (κ1) is 8.51. The number of thioether (sulfide) groups is 1. The third-order valence-electron chi connectivity index (χ3n) is 8.88. The van der Waals surface area contributed by atoms with Gasteiger partial charge in [-0.2, -0.15) is 11.8 Å². The number of rotatable bonds is 0. The molecular weight excluding hydrogens is 224 g/mol. The average molecular weight is 244 g/mol. The van der Waals surface area contributed by atoms with E-state index < -0.39 is 0 Å². The lowest BCUT2D eigenvalue weighted by Gasteiger charge is -2.86. The van der Waals surface area contributed by atoms with Crippen LogP contribution in [0.2, 0.25) is 0 Å². The summed E-state index contributed by atoms with van der Waals surface area (Å²) in [5, 5.41) is 0. The molecule has 0 nitrogen and oxygen atoms in total. The van der Waals surface area contributed by atoms with Gasteiger partial charge in [0.1, 0.15) is 0 Å². The third kappa shape index (κ3) is 0.609. The van der Waals surface area contributed by atoms with Crippen molar-refractivity contribution in [3.05, 3.63) is 0 Å². The van der Waals surface area contributed by atoms with Crippen LogP contribution in [-0.4, -0.2) is 10.5 Å². The van der Waals surface area contributed by atoms with Gasteiger partial charge in [-0.15, -0.1) is 0 Å². The molecule has 11 atom stereocenters. The summed E-state index contributed by atoms with van der Waals surface area (Å²) in [6.45, 7) is 0. The molecular formula is C16H20S. The van der Waals surface area contributed by atoms with E-state index >= 15 is 0 Å². The van der Waals surface area contributed by atoms with Gasteiger partial charge in [0.25, 0.3) is 0 Å². The van der Waals surface area contributed by atoms with E-state index in [-0.39, 0.29) is 0 Å². The second-order valence-electron chi connectivity index (χ2n) is 8.45. The molecule has 17 heavy (non-hydrogen) atoms. The first-order valence-corrected chi connectivity index (χ1v) is 9.03. The van der Waals surface area contributed by atoms with E-state index in [1.165, 1.54) is 59.2 Å². The molecule has 11 unspecified atom stereocenters. The molecule has 1 heterocycles. The molecule has 0 radical (unpaired) electrons. The Morgan fingerprint density at radius 1 is 0.706 bits per heavy atom. The van der Waals surface area contributed by atoms with Crippen LogP contribution < -0.4 is 0 Å². The van der Waals surface area contributed by atoms with Gasteiger partial charge in [-0.1, -0.05) is 0 Å². The van der Waals surface area contributed by atoms with Crippen LogP contribution >= 0.6 is 11.8 Å². The summed E-state index contributed by atoms with van der Waals surface area (Å²) >= 11 is 2.34. The largest absolute Gasteiger partial charge is 0.153 e. The van der Waals surface area contributed by atoms with Crippen LogP contribution in [0.4, 0.5) is 0 Å². The summed E-state index contributed by atoms with van der Waals surface area (Å²) in [4.78, 5) is 0. The molecule has 0 bridgehead atoms. The van der Waals surface area contributed by atoms with Crippen molar-refractivity contribution in [3.63, 3.8) is 0 Å². The molecule has 1 aliphatic heterocycles. The van der Waals surface area contributed by atoms with Gasteiger partial charge in [0, 0.05) is 10.5 Å². The van der Waals surface area contributed by atoms with Crippen LogP contribution in [0.1, 0.15) is 25.7 Å². The van der Waals surface area contributed by atoms with Gasteiger partial charge in [-0.25, -0.2) is 0 Å². The summed E-state index contributed by atoms with van der Waals surface area (Å²) in [6, 6.07) is 0. The van der Waals surface area contributed by atoms with Gasteiger partial charge in [-0.3, -0.25) is 0 Å². The molecule has 1 heteroatoms. The Kier molecular flexibility index (Phi) is 1.07. The SMILES string of the molecule is C1CC2C1C1C2C2C1C1C3CCC4(CS4)C3C12. The van der Waals surface area contributed by atoms with Crippen molar-refractivity contribution >= 4 is 11.8 Å². The molecule has 90 valence electrons.